The van der Waals surface area contributed by atoms with Crippen LogP contribution in [0.4, 0.5) is 0 Å². The van der Waals surface area contributed by atoms with Crippen molar-refractivity contribution in [3.8, 4) is 12.1 Å². The lowest BCUT2D eigenvalue weighted by Crippen LogP contribution is -2.69. The first kappa shape index (κ1) is 36.8. The van der Waals surface area contributed by atoms with Crippen LogP contribution in [0.3, 0.4) is 0 Å². The van der Waals surface area contributed by atoms with Crippen molar-refractivity contribution in [2.24, 2.45) is 65.1 Å². The average Bonchev–Trinajstić information content (AvgIpc) is 3.91. The molecule has 0 radical (unpaired) electrons. The Morgan fingerprint density at radius 1 is 0.473 bits per heavy atom. The Balaban J connectivity index is 0.965. The van der Waals surface area contributed by atoms with Gasteiger partial charge in [-0.2, -0.15) is 10.5 Å². The fraction of sp³-hybridized carbons (Fsp3) is 0.958. The summed E-state index contributed by atoms with van der Waals surface area (Å²) < 4.78 is 7.65. The van der Waals surface area contributed by atoms with Gasteiger partial charge in [-0.1, -0.05) is 64.2 Å². The summed E-state index contributed by atoms with van der Waals surface area (Å²) >= 11 is 0. The van der Waals surface area contributed by atoms with E-state index in [9.17, 15) is 10.5 Å². The molecule has 0 bridgehead atoms. The summed E-state index contributed by atoms with van der Waals surface area (Å²) in [5.41, 5.74) is 0. The van der Waals surface area contributed by atoms with E-state index in [0.717, 1.165) is 86.1 Å². The van der Waals surface area contributed by atoms with Gasteiger partial charge in [-0.15, -0.1) is 0 Å². The molecule has 11 aliphatic rings. The molecule has 4 heterocycles. The number of nitrogens with one attached hydrogen (secondary N) is 2. The lowest BCUT2D eigenvalue weighted by atomic mass is 9.61. The molecule has 302 valence electrons. The van der Waals surface area contributed by atoms with Gasteiger partial charge in [0.05, 0.1) is 36.4 Å². The Hall–Kier alpha value is -1.22. The van der Waals surface area contributed by atoms with Crippen LogP contribution in [0.5, 0.6) is 0 Å². The molecule has 7 nitrogen and oxygen atoms in total. The third-order valence-electron chi connectivity index (χ3n) is 19.7. The fourth-order valence-electron chi connectivity index (χ4n) is 17.7. The molecule has 0 aromatic rings. The minimum absolute atomic E-state index is 0.0276. The van der Waals surface area contributed by atoms with Gasteiger partial charge in [-0.3, -0.25) is 9.80 Å². The van der Waals surface area contributed by atoms with Crippen LogP contribution in [0.15, 0.2) is 0 Å². The van der Waals surface area contributed by atoms with Gasteiger partial charge in [-0.05, 0) is 131 Å². The van der Waals surface area contributed by atoms with Crippen LogP contribution in [0, 0.1) is 87.8 Å². The number of nitriles is 2. The number of rotatable bonds is 4. The van der Waals surface area contributed by atoms with E-state index in [-0.39, 0.29) is 18.0 Å². The zero-order valence-electron chi connectivity index (χ0n) is 34.1. The van der Waals surface area contributed by atoms with Gasteiger partial charge >= 0.3 is 0 Å². The van der Waals surface area contributed by atoms with Gasteiger partial charge in [-0.25, -0.2) is 0 Å². The van der Waals surface area contributed by atoms with Crippen LogP contribution < -0.4 is 10.6 Å². The molecule has 0 spiro atoms. The summed E-state index contributed by atoms with van der Waals surface area (Å²) in [7, 11) is 0. The van der Waals surface area contributed by atoms with Crippen molar-refractivity contribution in [1.82, 2.24) is 20.4 Å². The van der Waals surface area contributed by atoms with E-state index in [1.54, 1.807) is 0 Å². The van der Waals surface area contributed by atoms with Gasteiger partial charge in [0.2, 0.25) is 0 Å². The van der Waals surface area contributed by atoms with Crippen molar-refractivity contribution in [3.63, 3.8) is 0 Å². The van der Waals surface area contributed by atoms with Crippen molar-refractivity contribution in [2.75, 3.05) is 13.1 Å². The molecule has 2 N–H and O–H groups in total. The molecule has 0 aromatic carbocycles. The highest BCUT2D eigenvalue weighted by Gasteiger charge is 2.65. The van der Waals surface area contributed by atoms with E-state index in [2.05, 4.69) is 32.6 Å². The number of ether oxygens (including phenoxy) is 1. The summed E-state index contributed by atoms with van der Waals surface area (Å²) in [6.45, 7) is 2.10. The fourth-order valence-corrected chi connectivity index (χ4v) is 17.7. The van der Waals surface area contributed by atoms with E-state index < -0.39 is 0 Å². The molecule has 4 aliphatic heterocycles. The van der Waals surface area contributed by atoms with Crippen molar-refractivity contribution in [2.45, 2.75) is 209 Å². The Bertz CT molecular complexity index is 1410. The molecule has 11 fully saturated rings. The molecular weight excluding hydrogens is 677 g/mol. The number of hydrogen-bond acceptors (Lipinski definition) is 7. The lowest BCUT2D eigenvalue weighted by molar-refractivity contribution is -0.119. The summed E-state index contributed by atoms with van der Waals surface area (Å²) in [6, 6.07) is 9.78. The molecule has 7 saturated carbocycles. The summed E-state index contributed by atoms with van der Waals surface area (Å²) in [5, 5.41) is 28.0. The van der Waals surface area contributed by atoms with E-state index in [1.165, 1.54) is 135 Å². The Morgan fingerprint density at radius 3 is 1.56 bits per heavy atom. The summed E-state index contributed by atoms with van der Waals surface area (Å²) in [4.78, 5) is 6.83. The second-order valence-corrected chi connectivity index (χ2v) is 21.7. The SMILES string of the molecule is N#CC1CCC(C2NCC(C3CC(N4C5CCCCC5C5CCCCC54)C(N4C5CCCCC5C5CCCCC54)C4C5CCCCC5OC34)CN2)C(C#N)C1. The first-order valence-corrected chi connectivity index (χ1v) is 24.7. The topological polar surface area (TPSA) is 87.3 Å². The van der Waals surface area contributed by atoms with E-state index in [1.807, 2.05) is 0 Å². The van der Waals surface area contributed by atoms with Gasteiger partial charge in [0.1, 0.15) is 0 Å². The van der Waals surface area contributed by atoms with Crippen molar-refractivity contribution >= 4 is 0 Å². The molecule has 7 aliphatic carbocycles. The molecular formula is C48H74N6O. The number of fused-ring (bicyclic) bond motifs is 9. The Kier molecular flexibility index (Phi) is 10.3. The third kappa shape index (κ3) is 6.15. The highest BCUT2D eigenvalue weighted by Crippen LogP contribution is 2.60. The number of likely N-dealkylation sites (tertiary alicyclic amines) is 2. The summed E-state index contributed by atoms with van der Waals surface area (Å²) in [5.74, 6) is 6.71. The average molecular weight is 751 g/mol. The van der Waals surface area contributed by atoms with Crippen LogP contribution in [-0.4, -0.2) is 77.5 Å². The molecule has 7 heteroatoms. The van der Waals surface area contributed by atoms with Crippen LogP contribution in [0.2, 0.25) is 0 Å². The van der Waals surface area contributed by atoms with Crippen LogP contribution in [-0.2, 0) is 4.74 Å². The molecule has 18 unspecified atom stereocenters. The minimum atomic E-state index is -0.0276. The zero-order chi connectivity index (χ0) is 36.6. The molecule has 18 atom stereocenters. The second kappa shape index (κ2) is 15.4. The molecule has 0 aromatic heterocycles. The smallest absolute Gasteiger partial charge is 0.0660 e. The minimum Gasteiger partial charge on any atom is -0.374 e. The number of nitrogens with zero attached hydrogens (tertiary/aromatic N) is 4. The van der Waals surface area contributed by atoms with Crippen molar-refractivity contribution in [3.05, 3.63) is 0 Å². The van der Waals surface area contributed by atoms with Crippen molar-refractivity contribution < 1.29 is 4.74 Å². The quantitative estimate of drug-likeness (QED) is 0.299. The Morgan fingerprint density at radius 2 is 1.00 bits per heavy atom. The maximum atomic E-state index is 10.2. The monoisotopic (exact) mass is 751 g/mol. The van der Waals surface area contributed by atoms with E-state index >= 15 is 0 Å². The largest absolute Gasteiger partial charge is 0.374 e. The van der Waals surface area contributed by atoms with Crippen LogP contribution in [0.25, 0.3) is 0 Å². The van der Waals surface area contributed by atoms with E-state index in [4.69, 9.17) is 4.74 Å². The molecule has 11 rings (SSSR count). The van der Waals surface area contributed by atoms with Crippen LogP contribution in [0.1, 0.15) is 154 Å². The van der Waals surface area contributed by atoms with Crippen LogP contribution >= 0.6 is 0 Å². The zero-order valence-corrected chi connectivity index (χ0v) is 34.1. The molecule has 55 heavy (non-hydrogen) atoms. The molecule has 0 amide bonds. The first-order valence-electron chi connectivity index (χ1n) is 24.7. The van der Waals surface area contributed by atoms with Gasteiger partial charge in [0, 0.05) is 67.1 Å². The van der Waals surface area contributed by atoms with Gasteiger partial charge in [0.15, 0.2) is 0 Å². The lowest BCUT2D eigenvalue weighted by Gasteiger charge is -2.58. The Labute approximate surface area is 333 Å². The first-order chi connectivity index (χ1) is 27.2. The third-order valence-corrected chi connectivity index (χ3v) is 19.7. The maximum absolute atomic E-state index is 10.2. The number of hydrogen-bond donors (Lipinski definition) is 2. The van der Waals surface area contributed by atoms with Gasteiger partial charge in [0.25, 0.3) is 0 Å². The maximum Gasteiger partial charge on any atom is 0.0660 e. The highest BCUT2D eigenvalue weighted by molar-refractivity contribution is 5.18. The van der Waals surface area contributed by atoms with E-state index in [0.29, 0.717) is 48.0 Å². The van der Waals surface area contributed by atoms with Gasteiger partial charge < -0.3 is 15.4 Å². The predicted octanol–water partition coefficient (Wildman–Crippen LogP) is 8.40. The predicted molar refractivity (Wildman–Crippen MR) is 215 cm³/mol. The van der Waals surface area contributed by atoms with Crippen molar-refractivity contribution in [1.29, 1.82) is 10.5 Å². The second-order valence-electron chi connectivity index (χ2n) is 21.7. The highest BCUT2D eigenvalue weighted by atomic mass is 16.5. The molecule has 4 saturated heterocycles. The standard InChI is InChI=1S/C48H74N6O/c49-25-29-21-22-32(30(23-29)26-50)48-51-27-31(28-52-48)38-24-43(53-39-16-6-1-11-33(39)34-12-2-7-17-40(34)53)46(45-37-15-5-10-20-44(37)55-47(38)45)54-41-18-8-3-13-35(41)36-14-4-9-19-42(36)54/h29-48,51-52H,1-24,27-28H2. The summed E-state index contributed by atoms with van der Waals surface area (Å²) in [6.07, 6.45) is 34.1. The normalized spacial score (nSPS) is 54.1.